The first-order valence-electron chi connectivity index (χ1n) is 7.91. The van der Waals surface area contributed by atoms with Gasteiger partial charge >= 0.3 is 5.97 Å². The normalized spacial score (nSPS) is 11.0. The van der Waals surface area contributed by atoms with E-state index in [-0.39, 0.29) is 12.2 Å². The van der Waals surface area contributed by atoms with Crippen molar-refractivity contribution in [3.63, 3.8) is 0 Å². The quantitative estimate of drug-likeness (QED) is 0.475. The molecule has 0 amide bonds. The van der Waals surface area contributed by atoms with Crippen LogP contribution in [0.3, 0.4) is 0 Å². The zero-order valence-electron chi connectivity index (χ0n) is 14.3. The van der Waals surface area contributed by atoms with E-state index >= 15 is 0 Å². The summed E-state index contributed by atoms with van der Waals surface area (Å²) in [6.07, 6.45) is 1.48. The van der Waals surface area contributed by atoms with Gasteiger partial charge in [0.05, 0.1) is 24.9 Å². The maximum atomic E-state index is 12.9. The van der Waals surface area contributed by atoms with Crippen LogP contribution in [0.2, 0.25) is 5.02 Å². The molecule has 2 aromatic heterocycles. The van der Waals surface area contributed by atoms with E-state index < -0.39 is 5.97 Å². The Labute approximate surface area is 159 Å². The number of hydrogen-bond acceptors (Lipinski definition) is 6. The predicted molar refractivity (Wildman–Crippen MR) is 101 cm³/mol. The Morgan fingerprint density at radius 3 is 2.81 bits per heavy atom. The molecule has 0 aliphatic rings. The van der Waals surface area contributed by atoms with Crippen molar-refractivity contribution in [3.05, 3.63) is 62.0 Å². The summed E-state index contributed by atoms with van der Waals surface area (Å²) in [5.41, 5.74) is 1.20. The summed E-state index contributed by atoms with van der Waals surface area (Å²) in [4.78, 5) is 30.3. The Balaban J connectivity index is 1.96. The maximum Gasteiger partial charge on any atom is 0.348 e. The molecule has 0 spiro atoms. The molecule has 0 saturated carbocycles. The van der Waals surface area contributed by atoms with Gasteiger partial charge < -0.3 is 9.47 Å². The van der Waals surface area contributed by atoms with Crippen molar-refractivity contribution in [2.24, 2.45) is 0 Å². The van der Waals surface area contributed by atoms with Crippen LogP contribution in [0.1, 0.15) is 20.8 Å². The van der Waals surface area contributed by atoms with E-state index in [2.05, 4.69) is 4.98 Å². The van der Waals surface area contributed by atoms with Crippen molar-refractivity contribution >= 4 is 39.1 Å². The molecular weight excluding hydrogens is 376 g/mol. The second kappa shape index (κ2) is 7.99. The minimum atomic E-state index is -0.473. The van der Waals surface area contributed by atoms with Crippen LogP contribution in [-0.2, 0) is 16.0 Å². The molecule has 8 heteroatoms. The lowest BCUT2D eigenvalue weighted by atomic mass is 10.2. The van der Waals surface area contributed by atoms with Gasteiger partial charge in [-0.3, -0.25) is 9.36 Å². The van der Waals surface area contributed by atoms with Gasteiger partial charge in [-0.15, -0.1) is 11.3 Å². The van der Waals surface area contributed by atoms with Crippen molar-refractivity contribution in [1.29, 1.82) is 0 Å². The van der Waals surface area contributed by atoms with Gasteiger partial charge in [0.15, 0.2) is 0 Å². The van der Waals surface area contributed by atoms with Crippen molar-refractivity contribution in [2.45, 2.75) is 13.5 Å². The molecule has 1 aromatic carbocycles. The van der Waals surface area contributed by atoms with Crippen LogP contribution in [-0.4, -0.2) is 35.8 Å². The first kappa shape index (κ1) is 18.6. The van der Waals surface area contributed by atoms with Gasteiger partial charge in [-0.05, 0) is 24.1 Å². The molecule has 0 atom stereocenters. The fraction of sp³-hybridized carbons (Fsp3) is 0.278. The number of hydrogen-bond donors (Lipinski definition) is 0. The number of halogens is 1. The number of carbonyl (C=O) groups excluding carboxylic acids is 1. The fourth-order valence-corrected chi connectivity index (χ4v) is 3.79. The number of methoxy groups -OCH3 is 1. The van der Waals surface area contributed by atoms with Crippen LogP contribution in [0.15, 0.2) is 35.4 Å². The van der Waals surface area contributed by atoms with Gasteiger partial charge in [0.25, 0.3) is 5.56 Å². The first-order valence-corrected chi connectivity index (χ1v) is 9.10. The third-order valence-electron chi connectivity index (χ3n) is 3.92. The van der Waals surface area contributed by atoms with Crippen molar-refractivity contribution < 1.29 is 14.3 Å². The van der Waals surface area contributed by atoms with Crippen molar-refractivity contribution in [3.8, 4) is 0 Å². The number of thiophene rings is 1. The lowest BCUT2D eigenvalue weighted by Gasteiger charge is -2.07. The van der Waals surface area contributed by atoms with Gasteiger partial charge in [-0.25, -0.2) is 9.78 Å². The Hall–Kier alpha value is -2.22. The number of nitrogens with zero attached hydrogens (tertiary/aromatic N) is 2. The number of fused-ring (bicyclic) bond motifs is 1. The monoisotopic (exact) mass is 392 g/mol. The highest BCUT2D eigenvalue weighted by atomic mass is 35.5. The number of ether oxygens (including phenoxy) is 2. The molecular formula is C18H17ClN2O4S. The fourth-order valence-electron chi connectivity index (χ4n) is 2.56. The zero-order chi connectivity index (χ0) is 18.7. The molecule has 0 aliphatic heterocycles. The number of carbonyl (C=O) groups is 1. The standard InChI is InChI=1S/C18H17ClN2O4S/c1-11-14-16(26-15(11)18(23)25-8-7-24-2)20-10-21(17(14)22)9-12-5-3-4-6-13(12)19/h3-6,10H,7-9H2,1-2H3. The summed E-state index contributed by atoms with van der Waals surface area (Å²) >= 11 is 7.33. The molecule has 26 heavy (non-hydrogen) atoms. The molecule has 2 heterocycles. The van der Waals surface area contributed by atoms with Crippen LogP contribution in [0, 0.1) is 6.92 Å². The Morgan fingerprint density at radius 1 is 1.31 bits per heavy atom. The van der Waals surface area contributed by atoms with Crippen molar-refractivity contribution in [2.75, 3.05) is 20.3 Å². The largest absolute Gasteiger partial charge is 0.459 e. The molecule has 0 saturated heterocycles. The Kier molecular flexibility index (Phi) is 5.70. The number of benzene rings is 1. The molecule has 136 valence electrons. The Morgan fingerprint density at radius 2 is 2.08 bits per heavy atom. The van der Waals surface area contributed by atoms with E-state index in [9.17, 15) is 9.59 Å². The SMILES string of the molecule is COCCOC(=O)c1sc2ncn(Cc3ccccc3Cl)c(=O)c2c1C. The molecule has 0 radical (unpaired) electrons. The topological polar surface area (TPSA) is 70.4 Å². The molecule has 0 unspecified atom stereocenters. The van der Waals surface area contributed by atoms with Gasteiger partial charge in [0, 0.05) is 12.1 Å². The molecule has 0 aliphatic carbocycles. The van der Waals surface area contributed by atoms with Crippen LogP contribution in [0.5, 0.6) is 0 Å². The second-order valence-electron chi connectivity index (χ2n) is 5.63. The van der Waals surface area contributed by atoms with Crippen LogP contribution in [0.4, 0.5) is 0 Å². The molecule has 0 N–H and O–H groups in total. The van der Waals surface area contributed by atoms with E-state index in [0.29, 0.717) is 38.8 Å². The van der Waals surface area contributed by atoms with Crippen molar-refractivity contribution in [1.82, 2.24) is 9.55 Å². The average molecular weight is 393 g/mol. The summed E-state index contributed by atoms with van der Waals surface area (Å²) in [6, 6.07) is 7.33. The zero-order valence-corrected chi connectivity index (χ0v) is 15.9. The highest BCUT2D eigenvalue weighted by molar-refractivity contribution is 7.20. The first-order chi connectivity index (χ1) is 12.5. The lowest BCUT2D eigenvalue weighted by molar-refractivity contribution is 0.0393. The molecule has 6 nitrogen and oxygen atoms in total. The highest BCUT2D eigenvalue weighted by Crippen LogP contribution is 2.27. The summed E-state index contributed by atoms with van der Waals surface area (Å²) in [5.74, 6) is -0.473. The molecule has 0 fully saturated rings. The number of esters is 1. The highest BCUT2D eigenvalue weighted by Gasteiger charge is 2.20. The third-order valence-corrected chi connectivity index (χ3v) is 5.47. The summed E-state index contributed by atoms with van der Waals surface area (Å²) < 4.78 is 11.5. The van der Waals surface area contributed by atoms with E-state index in [4.69, 9.17) is 21.1 Å². The number of aryl methyl sites for hydroxylation is 1. The molecule has 0 bridgehead atoms. The third kappa shape index (κ3) is 3.65. The van der Waals surface area contributed by atoms with Crippen LogP contribution >= 0.6 is 22.9 Å². The number of rotatable bonds is 6. The molecule has 3 aromatic rings. The smallest absolute Gasteiger partial charge is 0.348 e. The van der Waals surface area contributed by atoms with E-state index in [1.54, 1.807) is 13.0 Å². The average Bonchev–Trinajstić information content (AvgIpc) is 2.97. The summed E-state index contributed by atoms with van der Waals surface area (Å²) in [7, 11) is 1.53. The molecule has 3 rings (SSSR count). The summed E-state index contributed by atoms with van der Waals surface area (Å²) in [5, 5.41) is 1.02. The second-order valence-corrected chi connectivity index (χ2v) is 7.04. The van der Waals surface area contributed by atoms with E-state index in [0.717, 1.165) is 16.9 Å². The lowest BCUT2D eigenvalue weighted by Crippen LogP contribution is -2.21. The number of aromatic nitrogens is 2. The van der Waals surface area contributed by atoms with E-state index in [1.165, 1.54) is 18.0 Å². The van der Waals surface area contributed by atoms with Crippen LogP contribution < -0.4 is 5.56 Å². The van der Waals surface area contributed by atoms with Gasteiger partial charge in [-0.1, -0.05) is 29.8 Å². The van der Waals surface area contributed by atoms with Gasteiger partial charge in [-0.2, -0.15) is 0 Å². The minimum absolute atomic E-state index is 0.160. The van der Waals surface area contributed by atoms with Crippen LogP contribution in [0.25, 0.3) is 10.2 Å². The maximum absolute atomic E-state index is 12.9. The summed E-state index contributed by atoms with van der Waals surface area (Å²) in [6.45, 7) is 2.52. The van der Waals surface area contributed by atoms with Gasteiger partial charge in [0.1, 0.15) is 16.3 Å². The predicted octanol–water partition coefficient (Wildman–Crippen LogP) is 3.27. The van der Waals surface area contributed by atoms with E-state index in [1.807, 2.05) is 18.2 Å². The Bertz CT molecular complexity index is 1010. The van der Waals surface area contributed by atoms with Gasteiger partial charge in [0.2, 0.25) is 0 Å². The minimum Gasteiger partial charge on any atom is -0.459 e.